The maximum absolute atomic E-state index is 14.8. The Hall–Kier alpha value is -4.34. The third-order valence-electron chi connectivity index (χ3n) is 7.52. The summed E-state index contributed by atoms with van der Waals surface area (Å²) in [7, 11) is 1.58. The van der Waals surface area contributed by atoms with Gasteiger partial charge in [0.2, 0.25) is 0 Å². The SMILES string of the molecule is CCOc1cc(CN2CCC3(CC2)CN(c2cccc(OC)c2)C(=O)O3)c(-c2ccc(F)c(F)c2F)cc1C.O=C=O. The molecule has 0 N–H and O–H groups in total. The van der Waals surface area contributed by atoms with Gasteiger partial charge in [-0.05, 0) is 66.9 Å². The number of nitrogens with zero attached hydrogens (tertiary/aromatic N) is 2. The lowest BCUT2D eigenvalue weighted by Gasteiger charge is -2.37. The van der Waals surface area contributed by atoms with Crippen LogP contribution in [-0.4, -0.2) is 56.1 Å². The monoisotopic (exact) mass is 584 g/mol. The number of likely N-dealkylation sites (tertiary alicyclic amines) is 1. The van der Waals surface area contributed by atoms with E-state index in [1.54, 1.807) is 18.1 Å². The first-order valence-corrected chi connectivity index (χ1v) is 13.4. The second-order valence-electron chi connectivity index (χ2n) is 10.1. The van der Waals surface area contributed by atoms with Gasteiger partial charge in [0.25, 0.3) is 0 Å². The highest BCUT2D eigenvalue weighted by molar-refractivity contribution is 5.90. The molecule has 2 saturated heterocycles. The Bertz CT molecular complexity index is 1480. The van der Waals surface area contributed by atoms with Gasteiger partial charge in [0.1, 0.15) is 17.1 Å². The lowest BCUT2D eigenvalue weighted by molar-refractivity contribution is -0.191. The summed E-state index contributed by atoms with van der Waals surface area (Å²) in [5.41, 5.74) is 2.13. The number of rotatable bonds is 7. The lowest BCUT2D eigenvalue weighted by atomic mass is 9.90. The topological polar surface area (TPSA) is 85.4 Å². The van der Waals surface area contributed by atoms with Crippen molar-refractivity contribution in [3.63, 3.8) is 0 Å². The third kappa shape index (κ3) is 6.42. The van der Waals surface area contributed by atoms with Crippen LogP contribution in [-0.2, 0) is 20.9 Å². The van der Waals surface area contributed by atoms with Crippen LogP contribution in [0.4, 0.5) is 23.7 Å². The van der Waals surface area contributed by atoms with E-state index in [-0.39, 0.29) is 17.8 Å². The molecule has 222 valence electrons. The summed E-state index contributed by atoms with van der Waals surface area (Å²) in [6.45, 7) is 6.33. The molecular formula is C31H31F3N2O6. The standard InChI is InChI=1S/C30H31F3N2O4.CO2/c1-4-38-26-15-20(24(14-19(26)2)23-8-9-25(31)28(33)27(23)32)17-34-12-10-30(11-13-34)18-35(29(36)39-30)21-6-5-7-22(16-21)37-3;2-1-3/h5-9,14-16H,4,10-13,17-18H2,1-3H3;. The number of carbonyl (C=O) groups is 1. The summed E-state index contributed by atoms with van der Waals surface area (Å²) >= 11 is 0. The molecule has 42 heavy (non-hydrogen) atoms. The number of benzene rings is 3. The van der Waals surface area contributed by atoms with Crippen LogP contribution in [0.2, 0.25) is 0 Å². The van der Waals surface area contributed by atoms with E-state index >= 15 is 0 Å². The Labute approximate surface area is 241 Å². The smallest absolute Gasteiger partial charge is 0.415 e. The van der Waals surface area contributed by atoms with Crippen molar-refractivity contribution in [1.29, 1.82) is 0 Å². The number of hydrogen-bond acceptors (Lipinski definition) is 7. The van der Waals surface area contributed by atoms with Crippen molar-refractivity contribution >= 4 is 17.9 Å². The molecule has 3 aromatic carbocycles. The number of carbonyl (C=O) groups excluding carboxylic acids is 3. The molecule has 8 nitrogen and oxygen atoms in total. The maximum Gasteiger partial charge on any atom is 0.415 e. The van der Waals surface area contributed by atoms with E-state index in [1.807, 2.05) is 44.2 Å². The molecule has 0 atom stereocenters. The van der Waals surface area contributed by atoms with Gasteiger partial charge in [-0.3, -0.25) is 9.80 Å². The van der Waals surface area contributed by atoms with Crippen LogP contribution >= 0.6 is 0 Å². The Morgan fingerprint density at radius 3 is 2.38 bits per heavy atom. The number of halogens is 3. The van der Waals surface area contributed by atoms with Crippen LogP contribution in [0.25, 0.3) is 11.1 Å². The number of piperidine rings is 1. The number of aryl methyl sites for hydroxylation is 1. The highest BCUT2D eigenvalue weighted by Gasteiger charge is 2.47. The van der Waals surface area contributed by atoms with Crippen molar-refractivity contribution in [2.45, 2.75) is 38.8 Å². The molecule has 0 bridgehead atoms. The second-order valence-corrected chi connectivity index (χ2v) is 10.1. The Kier molecular flexibility index (Phi) is 9.55. The molecule has 5 rings (SSSR count). The molecule has 2 aliphatic heterocycles. The van der Waals surface area contributed by atoms with E-state index in [0.29, 0.717) is 62.7 Å². The molecular weight excluding hydrogens is 553 g/mol. The van der Waals surface area contributed by atoms with Gasteiger partial charge in [-0.25, -0.2) is 18.0 Å². The van der Waals surface area contributed by atoms with Crippen LogP contribution in [0.1, 0.15) is 30.9 Å². The number of amides is 1. The van der Waals surface area contributed by atoms with Gasteiger partial charge >= 0.3 is 12.2 Å². The summed E-state index contributed by atoms with van der Waals surface area (Å²) in [4.78, 5) is 32.9. The third-order valence-corrected chi connectivity index (χ3v) is 7.52. The molecule has 0 unspecified atom stereocenters. The van der Waals surface area contributed by atoms with Gasteiger partial charge in [-0.1, -0.05) is 6.07 Å². The number of anilines is 1. The first-order valence-electron chi connectivity index (χ1n) is 13.4. The molecule has 11 heteroatoms. The maximum atomic E-state index is 14.8. The molecule has 0 saturated carbocycles. The fraction of sp³-hybridized carbons (Fsp3) is 0.355. The zero-order valence-electron chi connectivity index (χ0n) is 23.5. The quantitative estimate of drug-likeness (QED) is 0.320. The largest absolute Gasteiger partial charge is 0.497 e. The van der Waals surface area contributed by atoms with Crippen molar-refractivity contribution < 1.29 is 41.8 Å². The van der Waals surface area contributed by atoms with Gasteiger partial charge in [0.05, 0.1) is 25.9 Å². The van der Waals surface area contributed by atoms with E-state index in [1.165, 1.54) is 6.07 Å². The summed E-state index contributed by atoms with van der Waals surface area (Å²) < 4.78 is 59.6. The lowest BCUT2D eigenvalue weighted by Crippen LogP contribution is -2.46. The summed E-state index contributed by atoms with van der Waals surface area (Å²) in [5.74, 6) is -2.61. The van der Waals surface area contributed by atoms with Gasteiger partial charge < -0.3 is 14.2 Å². The predicted molar refractivity (Wildman–Crippen MR) is 147 cm³/mol. The van der Waals surface area contributed by atoms with Gasteiger partial charge in [-0.2, -0.15) is 9.59 Å². The van der Waals surface area contributed by atoms with Crippen molar-refractivity contribution in [3.05, 3.63) is 77.1 Å². The van der Waals surface area contributed by atoms with Crippen molar-refractivity contribution in [2.75, 3.05) is 38.3 Å². The van der Waals surface area contributed by atoms with E-state index in [9.17, 15) is 18.0 Å². The zero-order chi connectivity index (χ0) is 30.4. The number of ether oxygens (including phenoxy) is 3. The van der Waals surface area contributed by atoms with Gasteiger partial charge in [0.15, 0.2) is 17.5 Å². The fourth-order valence-electron chi connectivity index (χ4n) is 5.38. The summed E-state index contributed by atoms with van der Waals surface area (Å²) in [5, 5.41) is 0. The van der Waals surface area contributed by atoms with Gasteiger partial charge in [-0.15, -0.1) is 0 Å². The van der Waals surface area contributed by atoms with Crippen molar-refractivity contribution in [2.24, 2.45) is 0 Å². The van der Waals surface area contributed by atoms with Crippen LogP contribution in [0, 0.1) is 24.4 Å². The van der Waals surface area contributed by atoms with Crippen LogP contribution in [0.15, 0.2) is 48.5 Å². The molecule has 2 fully saturated rings. The van der Waals surface area contributed by atoms with Crippen LogP contribution in [0.5, 0.6) is 11.5 Å². The zero-order valence-corrected chi connectivity index (χ0v) is 23.5. The molecule has 0 radical (unpaired) electrons. The minimum absolute atomic E-state index is 0.00202. The molecule has 2 heterocycles. The number of methoxy groups -OCH3 is 1. The first-order chi connectivity index (χ1) is 20.1. The molecule has 2 aliphatic rings. The summed E-state index contributed by atoms with van der Waals surface area (Å²) in [6, 6.07) is 13.1. The highest BCUT2D eigenvalue weighted by Crippen LogP contribution is 2.39. The van der Waals surface area contributed by atoms with E-state index in [4.69, 9.17) is 23.8 Å². The normalized spacial score (nSPS) is 16.0. The fourth-order valence-corrected chi connectivity index (χ4v) is 5.38. The Morgan fingerprint density at radius 1 is 1.00 bits per heavy atom. The van der Waals surface area contributed by atoms with Crippen LogP contribution in [0.3, 0.4) is 0 Å². The molecule has 0 aromatic heterocycles. The molecule has 0 aliphatic carbocycles. The Balaban J connectivity index is 0.00000129. The molecule has 1 spiro atoms. The van der Waals surface area contributed by atoms with Gasteiger partial charge in [0, 0.05) is 44.1 Å². The van der Waals surface area contributed by atoms with Crippen LogP contribution < -0.4 is 14.4 Å². The predicted octanol–water partition coefficient (Wildman–Crippen LogP) is 5.89. The minimum Gasteiger partial charge on any atom is -0.497 e. The van der Waals surface area contributed by atoms with E-state index < -0.39 is 23.1 Å². The molecule has 1 amide bonds. The average Bonchev–Trinajstić information content (AvgIpc) is 3.31. The Morgan fingerprint density at radius 2 is 1.71 bits per heavy atom. The second kappa shape index (κ2) is 13.1. The minimum atomic E-state index is -1.49. The van der Waals surface area contributed by atoms with Crippen molar-refractivity contribution in [3.8, 4) is 22.6 Å². The van der Waals surface area contributed by atoms with E-state index in [2.05, 4.69) is 4.90 Å². The summed E-state index contributed by atoms with van der Waals surface area (Å²) in [6.07, 6.45) is 1.11. The average molecular weight is 585 g/mol. The van der Waals surface area contributed by atoms with E-state index in [0.717, 1.165) is 22.9 Å². The van der Waals surface area contributed by atoms with Crippen molar-refractivity contribution in [1.82, 2.24) is 4.90 Å². The highest BCUT2D eigenvalue weighted by atomic mass is 19.2. The first kappa shape index (κ1) is 30.6. The molecule has 3 aromatic rings. The number of hydrogen-bond donors (Lipinski definition) is 0.